The molecule has 0 amide bonds. The number of nitrogens with zero attached hydrogens (tertiary/aromatic N) is 1. The molecule has 2 aromatic rings. The van der Waals surface area contributed by atoms with Gasteiger partial charge in [0.25, 0.3) is 0 Å². The van der Waals surface area contributed by atoms with Gasteiger partial charge >= 0.3 is 0 Å². The molecule has 146 valence electrons. The Labute approximate surface area is 161 Å². The van der Waals surface area contributed by atoms with Crippen LogP contribution in [0.1, 0.15) is 11.6 Å². The maximum absolute atomic E-state index is 13.3. The molecule has 1 heterocycles. The molecular formula is C18H19ClF2N2O3S. The van der Waals surface area contributed by atoms with Crippen LogP contribution in [0.5, 0.6) is 0 Å². The number of benzene rings is 2. The first kappa shape index (κ1) is 20.2. The van der Waals surface area contributed by atoms with Crippen molar-refractivity contribution in [2.45, 2.75) is 10.9 Å². The van der Waals surface area contributed by atoms with E-state index in [1.54, 1.807) is 12.1 Å². The summed E-state index contributed by atoms with van der Waals surface area (Å²) in [5.74, 6) is -1.05. The van der Waals surface area contributed by atoms with Crippen LogP contribution >= 0.6 is 11.6 Å². The van der Waals surface area contributed by atoms with Gasteiger partial charge in [-0.05, 0) is 35.9 Å². The van der Waals surface area contributed by atoms with E-state index in [0.29, 0.717) is 26.3 Å². The molecule has 9 heteroatoms. The number of ether oxygens (including phenoxy) is 1. The molecule has 1 aliphatic rings. The Morgan fingerprint density at radius 2 is 1.78 bits per heavy atom. The first-order chi connectivity index (χ1) is 12.9. The van der Waals surface area contributed by atoms with Crippen LogP contribution in [0.3, 0.4) is 0 Å². The lowest BCUT2D eigenvalue weighted by molar-refractivity contribution is 0.0172. The van der Waals surface area contributed by atoms with Crippen LogP contribution in [-0.2, 0) is 14.8 Å². The topological polar surface area (TPSA) is 58.6 Å². The van der Waals surface area contributed by atoms with Crippen molar-refractivity contribution in [3.8, 4) is 0 Å². The molecule has 1 atom stereocenters. The third kappa shape index (κ3) is 5.03. The van der Waals surface area contributed by atoms with Gasteiger partial charge in [-0.25, -0.2) is 21.9 Å². The minimum Gasteiger partial charge on any atom is -0.379 e. The molecule has 1 fully saturated rings. The van der Waals surface area contributed by atoms with Crippen LogP contribution < -0.4 is 4.72 Å². The lowest BCUT2D eigenvalue weighted by Crippen LogP contribution is -2.43. The maximum atomic E-state index is 13.3. The molecular weight excluding hydrogens is 398 g/mol. The van der Waals surface area contributed by atoms with E-state index in [1.807, 2.05) is 0 Å². The number of hydrogen-bond acceptors (Lipinski definition) is 4. The third-order valence-corrected chi connectivity index (χ3v) is 6.12. The van der Waals surface area contributed by atoms with Crippen LogP contribution in [0.4, 0.5) is 8.78 Å². The standard InChI is InChI=1S/C18H19ClF2N2O3S/c19-16-11-15(5-6-17(16)21)27(24,25)22-12-18(23-7-9-26-10-8-23)13-1-3-14(20)4-2-13/h1-6,11,18,22H,7-10,12H2. The van der Waals surface area contributed by atoms with Crippen LogP contribution in [0.2, 0.25) is 5.02 Å². The Bertz CT molecular complexity index is 888. The fraction of sp³-hybridized carbons (Fsp3) is 0.333. The summed E-state index contributed by atoms with van der Waals surface area (Å²) in [5, 5.41) is -0.263. The van der Waals surface area contributed by atoms with E-state index >= 15 is 0 Å². The molecule has 0 aromatic heterocycles. The molecule has 0 radical (unpaired) electrons. The molecule has 5 nitrogen and oxygen atoms in total. The van der Waals surface area contributed by atoms with Gasteiger partial charge in [-0.1, -0.05) is 23.7 Å². The number of halogens is 3. The van der Waals surface area contributed by atoms with Gasteiger partial charge in [-0.3, -0.25) is 4.90 Å². The summed E-state index contributed by atoms with van der Waals surface area (Å²) < 4.78 is 59.6. The lowest BCUT2D eigenvalue weighted by atomic mass is 10.0. The Balaban J connectivity index is 1.80. The van der Waals surface area contributed by atoms with Gasteiger partial charge in [0, 0.05) is 25.7 Å². The Hall–Kier alpha value is -1.58. The first-order valence-electron chi connectivity index (χ1n) is 8.39. The lowest BCUT2D eigenvalue weighted by Gasteiger charge is -2.34. The fourth-order valence-electron chi connectivity index (χ4n) is 2.95. The molecule has 0 aliphatic carbocycles. The smallest absolute Gasteiger partial charge is 0.240 e. The van der Waals surface area contributed by atoms with Gasteiger partial charge in [0.05, 0.1) is 23.1 Å². The molecule has 1 unspecified atom stereocenters. The van der Waals surface area contributed by atoms with Crippen molar-refractivity contribution >= 4 is 21.6 Å². The van der Waals surface area contributed by atoms with Crippen LogP contribution in [0.25, 0.3) is 0 Å². The summed E-state index contributed by atoms with van der Waals surface area (Å²) >= 11 is 5.69. The van der Waals surface area contributed by atoms with Gasteiger partial charge in [0.2, 0.25) is 10.0 Å². The molecule has 1 saturated heterocycles. The zero-order valence-corrected chi connectivity index (χ0v) is 15.9. The summed E-state index contributed by atoms with van der Waals surface area (Å²) in [4.78, 5) is 1.96. The quantitative estimate of drug-likeness (QED) is 0.786. The van der Waals surface area contributed by atoms with Crippen molar-refractivity contribution in [3.63, 3.8) is 0 Å². The second-order valence-corrected chi connectivity index (χ2v) is 8.32. The first-order valence-corrected chi connectivity index (χ1v) is 10.2. The van der Waals surface area contributed by atoms with Crippen molar-refractivity contribution in [1.82, 2.24) is 9.62 Å². The summed E-state index contributed by atoms with van der Waals surface area (Å²) in [5.41, 5.74) is 0.790. The number of morpholine rings is 1. The van der Waals surface area contributed by atoms with Crippen molar-refractivity contribution in [1.29, 1.82) is 0 Å². The highest BCUT2D eigenvalue weighted by Gasteiger charge is 2.25. The van der Waals surface area contributed by atoms with E-state index in [1.165, 1.54) is 12.1 Å². The van der Waals surface area contributed by atoms with E-state index in [0.717, 1.165) is 23.8 Å². The zero-order chi connectivity index (χ0) is 19.4. The summed E-state index contributed by atoms with van der Waals surface area (Å²) in [7, 11) is -3.88. The molecule has 1 aliphatic heterocycles. The van der Waals surface area contributed by atoms with Gasteiger partial charge in [0.1, 0.15) is 11.6 Å². The van der Waals surface area contributed by atoms with E-state index in [2.05, 4.69) is 9.62 Å². The normalized spacial score (nSPS) is 17.0. The Morgan fingerprint density at radius 3 is 2.41 bits per heavy atom. The van der Waals surface area contributed by atoms with E-state index in [-0.39, 0.29) is 28.3 Å². The average Bonchev–Trinajstić information content (AvgIpc) is 2.66. The maximum Gasteiger partial charge on any atom is 0.240 e. The van der Waals surface area contributed by atoms with Crippen molar-refractivity contribution in [2.24, 2.45) is 0 Å². The van der Waals surface area contributed by atoms with Gasteiger partial charge in [-0.15, -0.1) is 0 Å². The number of rotatable bonds is 6. The van der Waals surface area contributed by atoms with Gasteiger partial charge in [0.15, 0.2) is 0 Å². The number of sulfonamides is 1. The summed E-state index contributed by atoms with van der Waals surface area (Å²) in [6.45, 7) is 2.41. The molecule has 27 heavy (non-hydrogen) atoms. The third-order valence-electron chi connectivity index (χ3n) is 4.41. The number of nitrogens with one attached hydrogen (secondary N) is 1. The van der Waals surface area contributed by atoms with Crippen LogP contribution in [0.15, 0.2) is 47.4 Å². The van der Waals surface area contributed by atoms with Crippen molar-refractivity contribution in [2.75, 3.05) is 32.8 Å². The number of hydrogen-bond donors (Lipinski definition) is 1. The average molecular weight is 417 g/mol. The zero-order valence-electron chi connectivity index (χ0n) is 14.4. The van der Waals surface area contributed by atoms with E-state index < -0.39 is 15.8 Å². The monoisotopic (exact) mass is 416 g/mol. The van der Waals surface area contributed by atoms with Crippen molar-refractivity contribution < 1.29 is 21.9 Å². The van der Waals surface area contributed by atoms with Crippen LogP contribution in [0, 0.1) is 11.6 Å². The van der Waals surface area contributed by atoms with E-state index in [9.17, 15) is 17.2 Å². The van der Waals surface area contributed by atoms with Gasteiger partial charge in [-0.2, -0.15) is 0 Å². The minimum atomic E-state index is -3.88. The second-order valence-electron chi connectivity index (χ2n) is 6.14. The molecule has 3 rings (SSSR count). The molecule has 0 saturated carbocycles. The molecule has 0 bridgehead atoms. The SMILES string of the molecule is O=S(=O)(NCC(c1ccc(F)cc1)N1CCOCC1)c1ccc(F)c(Cl)c1. The predicted molar refractivity (Wildman–Crippen MR) is 98.1 cm³/mol. The van der Waals surface area contributed by atoms with E-state index in [4.69, 9.17) is 16.3 Å². The fourth-order valence-corrected chi connectivity index (χ4v) is 4.26. The molecule has 1 N–H and O–H groups in total. The van der Waals surface area contributed by atoms with Gasteiger partial charge < -0.3 is 4.74 Å². The predicted octanol–water partition coefficient (Wildman–Crippen LogP) is 2.97. The highest BCUT2D eigenvalue weighted by molar-refractivity contribution is 7.89. The highest BCUT2D eigenvalue weighted by atomic mass is 35.5. The summed E-state index contributed by atoms with van der Waals surface area (Å²) in [6, 6.07) is 8.91. The minimum absolute atomic E-state index is 0.0724. The largest absolute Gasteiger partial charge is 0.379 e. The van der Waals surface area contributed by atoms with Crippen molar-refractivity contribution in [3.05, 3.63) is 64.7 Å². The molecule has 0 spiro atoms. The Kier molecular flexibility index (Phi) is 6.44. The molecule has 2 aromatic carbocycles. The second kappa shape index (κ2) is 8.62. The highest BCUT2D eigenvalue weighted by Crippen LogP contribution is 2.24. The Morgan fingerprint density at radius 1 is 1.11 bits per heavy atom. The van der Waals surface area contributed by atoms with Crippen LogP contribution in [-0.4, -0.2) is 46.2 Å². The summed E-state index contributed by atoms with van der Waals surface area (Å²) in [6.07, 6.45) is 0.